The summed E-state index contributed by atoms with van der Waals surface area (Å²) in [4.78, 5) is 11.7. The summed E-state index contributed by atoms with van der Waals surface area (Å²) in [5.74, 6) is 0.330. The van der Waals surface area contributed by atoms with Gasteiger partial charge in [0.15, 0.2) is 0 Å². The first kappa shape index (κ1) is 14.1. The molecule has 0 unspecified atom stereocenters. The lowest BCUT2D eigenvalue weighted by molar-refractivity contribution is -0.121. The van der Waals surface area contributed by atoms with Gasteiger partial charge in [-0.25, -0.2) is 0 Å². The molecule has 0 amide bonds. The minimum absolute atomic E-state index is 0.0763. The van der Waals surface area contributed by atoms with Gasteiger partial charge >= 0.3 is 0 Å². The molecule has 0 saturated heterocycles. The molecule has 3 heteroatoms. The highest BCUT2D eigenvalue weighted by Gasteiger charge is 2.07. The maximum absolute atomic E-state index is 11.7. The van der Waals surface area contributed by atoms with Crippen LogP contribution in [-0.4, -0.2) is 5.78 Å². The first-order valence-electron chi connectivity index (χ1n) is 6.73. The molecule has 0 aliphatic rings. The van der Waals surface area contributed by atoms with Crippen LogP contribution >= 0.6 is 0 Å². The second-order valence-corrected chi connectivity index (χ2v) is 5.00. The maximum Gasteiger partial charge on any atom is 0.139 e. The Morgan fingerprint density at radius 1 is 0.900 bits per heavy atom. The van der Waals surface area contributed by atoms with Crippen molar-refractivity contribution in [2.24, 2.45) is 16.1 Å². The molecule has 0 aliphatic heterocycles. The van der Waals surface area contributed by atoms with Crippen molar-refractivity contribution < 1.29 is 4.79 Å². The molecular formula is C17H18N2O. The van der Waals surface area contributed by atoms with Crippen molar-refractivity contribution in [2.45, 2.75) is 20.3 Å². The van der Waals surface area contributed by atoms with Crippen molar-refractivity contribution >= 4 is 17.2 Å². The number of benzene rings is 2. The molecule has 0 aliphatic carbocycles. The summed E-state index contributed by atoms with van der Waals surface area (Å²) in [6.45, 7) is 3.84. The van der Waals surface area contributed by atoms with Crippen LogP contribution in [-0.2, 0) is 11.2 Å². The molecule has 0 spiro atoms. The van der Waals surface area contributed by atoms with Crippen LogP contribution in [0.2, 0.25) is 0 Å². The van der Waals surface area contributed by atoms with E-state index < -0.39 is 0 Å². The van der Waals surface area contributed by atoms with Gasteiger partial charge in [-0.1, -0.05) is 44.2 Å². The lowest BCUT2D eigenvalue weighted by Crippen LogP contribution is -2.09. The van der Waals surface area contributed by atoms with Gasteiger partial charge in [-0.05, 0) is 29.8 Å². The zero-order valence-corrected chi connectivity index (χ0v) is 11.8. The monoisotopic (exact) mass is 266 g/mol. The molecule has 2 aromatic carbocycles. The maximum atomic E-state index is 11.7. The Morgan fingerprint density at radius 3 is 2.00 bits per heavy atom. The Morgan fingerprint density at radius 2 is 1.45 bits per heavy atom. The standard InChI is InChI=1S/C17H18N2O/c1-13(2)17(20)12-14-8-10-16(11-9-14)19-18-15-6-4-3-5-7-15/h3-11,13H,12H2,1-2H3/b19-18+. The number of carbonyl (C=O) groups is 1. The molecule has 0 heterocycles. The van der Waals surface area contributed by atoms with E-state index in [2.05, 4.69) is 10.2 Å². The number of azo groups is 1. The molecule has 0 fully saturated rings. The molecule has 0 bridgehead atoms. The molecule has 3 nitrogen and oxygen atoms in total. The van der Waals surface area contributed by atoms with Gasteiger partial charge in [-0.15, -0.1) is 0 Å². The fraction of sp³-hybridized carbons (Fsp3) is 0.235. The Kier molecular flexibility index (Phi) is 4.77. The van der Waals surface area contributed by atoms with Gasteiger partial charge in [0.2, 0.25) is 0 Å². The van der Waals surface area contributed by atoms with E-state index in [0.717, 1.165) is 16.9 Å². The van der Waals surface area contributed by atoms with E-state index in [9.17, 15) is 4.79 Å². The highest BCUT2D eigenvalue weighted by Crippen LogP contribution is 2.18. The van der Waals surface area contributed by atoms with Crippen LogP contribution in [0.4, 0.5) is 11.4 Å². The highest BCUT2D eigenvalue weighted by atomic mass is 16.1. The van der Waals surface area contributed by atoms with Crippen molar-refractivity contribution in [1.29, 1.82) is 0 Å². The van der Waals surface area contributed by atoms with Gasteiger partial charge in [-0.3, -0.25) is 4.79 Å². The van der Waals surface area contributed by atoms with Gasteiger partial charge in [0.05, 0.1) is 11.4 Å². The van der Waals surface area contributed by atoms with Crippen molar-refractivity contribution in [3.05, 3.63) is 60.2 Å². The van der Waals surface area contributed by atoms with Crippen LogP contribution < -0.4 is 0 Å². The molecule has 0 N–H and O–H groups in total. The van der Waals surface area contributed by atoms with E-state index in [1.807, 2.05) is 68.4 Å². The summed E-state index contributed by atoms with van der Waals surface area (Å²) in [6.07, 6.45) is 0.480. The number of rotatable bonds is 5. The van der Waals surface area contributed by atoms with E-state index in [1.54, 1.807) is 0 Å². The average Bonchev–Trinajstić information content (AvgIpc) is 2.47. The van der Waals surface area contributed by atoms with Crippen molar-refractivity contribution in [1.82, 2.24) is 0 Å². The van der Waals surface area contributed by atoms with Gasteiger partial charge in [0, 0.05) is 12.3 Å². The predicted octanol–water partition coefficient (Wildman–Crippen LogP) is 4.87. The highest BCUT2D eigenvalue weighted by molar-refractivity contribution is 5.82. The Bertz CT molecular complexity index is 586. The third-order valence-corrected chi connectivity index (χ3v) is 3.00. The molecule has 0 aromatic heterocycles. The smallest absolute Gasteiger partial charge is 0.139 e. The molecular weight excluding hydrogens is 248 g/mol. The summed E-state index contributed by atoms with van der Waals surface area (Å²) in [7, 11) is 0. The number of hydrogen-bond donors (Lipinski definition) is 0. The van der Waals surface area contributed by atoms with Crippen LogP contribution in [0.15, 0.2) is 64.8 Å². The molecule has 2 aromatic rings. The summed E-state index contributed by atoms with van der Waals surface area (Å²) >= 11 is 0. The van der Waals surface area contributed by atoms with E-state index in [4.69, 9.17) is 0 Å². The lowest BCUT2D eigenvalue weighted by Gasteiger charge is -2.04. The summed E-state index contributed by atoms with van der Waals surface area (Å²) < 4.78 is 0. The van der Waals surface area contributed by atoms with Crippen LogP contribution in [0, 0.1) is 5.92 Å². The first-order valence-corrected chi connectivity index (χ1v) is 6.73. The summed E-state index contributed by atoms with van der Waals surface area (Å²) in [5, 5.41) is 8.33. The third-order valence-electron chi connectivity index (χ3n) is 3.00. The van der Waals surface area contributed by atoms with Gasteiger partial charge in [0.25, 0.3) is 0 Å². The third kappa shape index (κ3) is 4.12. The fourth-order valence-corrected chi connectivity index (χ4v) is 1.70. The normalized spacial score (nSPS) is 11.2. The van der Waals surface area contributed by atoms with Crippen LogP contribution in [0.25, 0.3) is 0 Å². The molecule has 0 atom stereocenters. The zero-order valence-electron chi connectivity index (χ0n) is 11.8. The van der Waals surface area contributed by atoms with E-state index in [1.165, 1.54) is 0 Å². The van der Waals surface area contributed by atoms with Crippen LogP contribution in [0.5, 0.6) is 0 Å². The zero-order chi connectivity index (χ0) is 14.4. The van der Waals surface area contributed by atoms with E-state index >= 15 is 0 Å². The minimum atomic E-state index is 0.0763. The second kappa shape index (κ2) is 6.75. The van der Waals surface area contributed by atoms with Crippen molar-refractivity contribution in [3.63, 3.8) is 0 Å². The Balaban J connectivity index is 2.02. The predicted molar refractivity (Wildman–Crippen MR) is 80.6 cm³/mol. The van der Waals surface area contributed by atoms with Crippen LogP contribution in [0.3, 0.4) is 0 Å². The number of ketones is 1. The number of nitrogens with zero attached hydrogens (tertiary/aromatic N) is 2. The second-order valence-electron chi connectivity index (χ2n) is 5.00. The Hall–Kier alpha value is -2.29. The van der Waals surface area contributed by atoms with Gasteiger partial charge in [0.1, 0.15) is 5.78 Å². The molecule has 0 saturated carbocycles. The molecule has 2 rings (SSSR count). The van der Waals surface area contributed by atoms with Crippen molar-refractivity contribution in [3.8, 4) is 0 Å². The molecule has 20 heavy (non-hydrogen) atoms. The largest absolute Gasteiger partial charge is 0.299 e. The van der Waals surface area contributed by atoms with E-state index in [-0.39, 0.29) is 11.7 Å². The summed E-state index contributed by atoms with van der Waals surface area (Å²) in [5.41, 5.74) is 2.63. The average molecular weight is 266 g/mol. The number of Topliss-reactive ketones (excluding diaryl/α,β-unsaturated/α-hetero) is 1. The fourth-order valence-electron chi connectivity index (χ4n) is 1.70. The van der Waals surface area contributed by atoms with Crippen molar-refractivity contribution in [2.75, 3.05) is 0 Å². The van der Waals surface area contributed by atoms with Gasteiger partial charge in [-0.2, -0.15) is 10.2 Å². The first-order chi connectivity index (χ1) is 9.65. The quantitative estimate of drug-likeness (QED) is 0.712. The van der Waals surface area contributed by atoms with E-state index in [0.29, 0.717) is 6.42 Å². The summed E-state index contributed by atoms with van der Waals surface area (Å²) in [6, 6.07) is 17.2. The lowest BCUT2D eigenvalue weighted by atomic mass is 10.0. The molecule has 0 radical (unpaired) electrons. The Labute approximate surface area is 119 Å². The van der Waals surface area contributed by atoms with Gasteiger partial charge < -0.3 is 0 Å². The SMILES string of the molecule is CC(C)C(=O)Cc1ccc(/N=N/c2ccccc2)cc1. The minimum Gasteiger partial charge on any atom is -0.299 e. The number of hydrogen-bond acceptors (Lipinski definition) is 3. The van der Waals surface area contributed by atoms with Crippen LogP contribution in [0.1, 0.15) is 19.4 Å². The topological polar surface area (TPSA) is 41.8 Å². The number of carbonyl (C=O) groups excluding carboxylic acids is 1. The molecule has 102 valence electrons.